The zero-order valence-corrected chi connectivity index (χ0v) is 22.9. The minimum Gasteiger partial charge on any atom is -0.467 e. The van der Waals surface area contributed by atoms with Crippen molar-refractivity contribution in [1.29, 1.82) is 0 Å². The number of para-hydroxylation sites is 2. The van der Waals surface area contributed by atoms with E-state index >= 15 is 0 Å². The van der Waals surface area contributed by atoms with Crippen LogP contribution in [0.2, 0.25) is 0 Å². The third kappa shape index (κ3) is 5.98. The molecular formula is C32H26CoN3O4+. The Morgan fingerprint density at radius 3 is 2.12 bits per heavy atom. The zero-order chi connectivity index (χ0) is 27.2. The van der Waals surface area contributed by atoms with Crippen molar-refractivity contribution in [3.8, 4) is 0 Å². The largest absolute Gasteiger partial charge is 2.00 e. The SMILES string of the molecule is CCN1C(=O)/C(=C\c2ccc(N(c3ccccc3)c3ccccc3)cc2)OC1=Nc1c[c-]ccc1C(=O)OC.[Co+2]. The molecule has 1 saturated heterocycles. The van der Waals surface area contributed by atoms with E-state index in [2.05, 4.69) is 40.2 Å². The van der Waals surface area contributed by atoms with Crippen molar-refractivity contribution in [2.45, 2.75) is 6.92 Å². The molecule has 0 unspecified atom stereocenters. The van der Waals surface area contributed by atoms with Crippen LogP contribution in [0.1, 0.15) is 22.8 Å². The maximum absolute atomic E-state index is 13.1. The molecule has 8 heteroatoms. The smallest absolute Gasteiger partial charge is 0.467 e. The minimum absolute atomic E-state index is 0. The summed E-state index contributed by atoms with van der Waals surface area (Å²) in [6.07, 6.45) is 1.69. The molecule has 5 rings (SSSR count). The van der Waals surface area contributed by atoms with Crippen molar-refractivity contribution in [3.05, 3.63) is 126 Å². The number of carbonyl (C=O) groups is 2. The van der Waals surface area contributed by atoms with Gasteiger partial charge in [0.05, 0.1) is 7.11 Å². The molecule has 0 aromatic heterocycles. The van der Waals surface area contributed by atoms with E-state index in [0.717, 1.165) is 22.6 Å². The van der Waals surface area contributed by atoms with Crippen LogP contribution in [0.5, 0.6) is 0 Å². The van der Waals surface area contributed by atoms with Gasteiger partial charge in [-0.1, -0.05) is 48.5 Å². The Kier molecular flexibility index (Phi) is 9.16. The molecule has 4 aromatic rings. The van der Waals surface area contributed by atoms with Crippen LogP contribution in [-0.4, -0.2) is 36.5 Å². The summed E-state index contributed by atoms with van der Waals surface area (Å²) in [6.45, 7) is 2.18. The molecule has 0 N–H and O–H groups in total. The summed E-state index contributed by atoms with van der Waals surface area (Å²) >= 11 is 0. The first-order valence-corrected chi connectivity index (χ1v) is 12.5. The van der Waals surface area contributed by atoms with Crippen LogP contribution < -0.4 is 4.90 Å². The minimum atomic E-state index is -0.536. The molecule has 1 fully saturated rings. The topological polar surface area (TPSA) is 71.4 Å². The molecule has 0 aliphatic carbocycles. The summed E-state index contributed by atoms with van der Waals surface area (Å²) in [5.74, 6) is -0.701. The fraction of sp³-hybridized carbons (Fsp3) is 0.0938. The molecular weight excluding hydrogens is 549 g/mol. The van der Waals surface area contributed by atoms with Crippen LogP contribution >= 0.6 is 0 Å². The fourth-order valence-corrected chi connectivity index (χ4v) is 4.24. The van der Waals surface area contributed by atoms with E-state index in [9.17, 15) is 9.59 Å². The van der Waals surface area contributed by atoms with Gasteiger partial charge in [0, 0.05) is 23.6 Å². The monoisotopic (exact) mass is 575 g/mol. The van der Waals surface area contributed by atoms with E-state index in [4.69, 9.17) is 9.47 Å². The molecule has 1 heterocycles. The van der Waals surface area contributed by atoms with E-state index in [0.29, 0.717) is 12.2 Å². The Balaban J connectivity index is 0.00000370. The number of methoxy groups -OCH3 is 1. The van der Waals surface area contributed by atoms with Gasteiger partial charge >= 0.3 is 22.7 Å². The van der Waals surface area contributed by atoms with Crippen molar-refractivity contribution < 1.29 is 35.8 Å². The van der Waals surface area contributed by atoms with Gasteiger partial charge in [0.25, 0.3) is 11.9 Å². The van der Waals surface area contributed by atoms with Gasteiger partial charge in [0.1, 0.15) is 0 Å². The molecule has 1 radical (unpaired) electrons. The van der Waals surface area contributed by atoms with Gasteiger partial charge in [-0.3, -0.25) is 14.7 Å². The van der Waals surface area contributed by atoms with E-state index < -0.39 is 5.97 Å². The first-order valence-electron chi connectivity index (χ1n) is 12.5. The van der Waals surface area contributed by atoms with Crippen LogP contribution in [0.15, 0.2) is 114 Å². The summed E-state index contributed by atoms with van der Waals surface area (Å²) in [5, 5.41) is 0. The molecule has 40 heavy (non-hydrogen) atoms. The summed E-state index contributed by atoms with van der Waals surface area (Å²) in [5.41, 5.74) is 4.40. The Labute approximate surface area is 243 Å². The number of likely N-dealkylation sites (N-methyl/N-ethyl adjacent to an activating group) is 1. The van der Waals surface area contributed by atoms with Gasteiger partial charge in [-0.25, -0.2) is 4.79 Å². The quantitative estimate of drug-likeness (QED) is 0.140. The molecule has 4 aromatic carbocycles. The van der Waals surface area contributed by atoms with Gasteiger partial charge in [-0.15, -0.1) is 0 Å². The molecule has 0 bridgehead atoms. The van der Waals surface area contributed by atoms with Gasteiger partial charge < -0.3 is 14.4 Å². The molecule has 0 spiro atoms. The molecule has 0 atom stereocenters. The number of carbonyl (C=O) groups excluding carboxylic acids is 2. The van der Waals surface area contributed by atoms with Crippen LogP contribution in [0.3, 0.4) is 0 Å². The first kappa shape index (κ1) is 28.3. The second-order valence-electron chi connectivity index (χ2n) is 8.59. The maximum atomic E-state index is 13.1. The summed E-state index contributed by atoms with van der Waals surface area (Å²) in [4.78, 5) is 33.3. The van der Waals surface area contributed by atoms with E-state index in [1.807, 2.05) is 67.6 Å². The van der Waals surface area contributed by atoms with Crippen LogP contribution in [0.4, 0.5) is 22.7 Å². The number of hydrogen-bond acceptors (Lipinski definition) is 6. The number of rotatable bonds is 7. The average molecular weight is 576 g/mol. The number of amides is 1. The fourth-order valence-electron chi connectivity index (χ4n) is 4.24. The Morgan fingerprint density at radius 2 is 1.55 bits per heavy atom. The Bertz CT molecular complexity index is 1500. The second-order valence-corrected chi connectivity index (χ2v) is 8.59. The maximum Gasteiger partial charge on any atom is 2.00 e. The molecule has 1 aliphatic rings. The van der Waals surface area contributed by atoms with Gasteiger partial charge in [0.15, 0.2) is 5.76 Å². The number of benzene rings is 4. The van der Waals surface area contributed by atoms with E-state index in [-0.39, 0.29) is 40.0 Å². The Morgan fingerprint density at radius 1 is 0.950 bits per heavy atom. The molecule has 7 nitrogen and oxygen atoms in total. The van der Waals surface area contributed by atoms with Gasteiger partial charge in [-0.2, -0.15) is 24.3 Å². The molecule has 1 amide bonds. The first-order chi connectivity index (χ1) is 19.1. The number of hydrogen-bond donors (Lipinski definition) is 0. The normalized spacial score (nSPS) is 14.6. The molecule has 201 valence electrons. The third-order valence-electron chi connectivity index (χ3n) is 6.15. The molecule has 0 saturated carbocycles. The van der Waals surface area contributed by atoms with E-state index in [1.165, 1.54) is 12.0 Å². The number of aliphatic imine (C=N–C) groups is 1. The van der Waals surface area contributed by atoms with Gasteiger partial charge in [0.2, 0.25) is 0 Å². The van der Waals surface area contributed by atoms with Crippen LogP contribution in [0.25, 0.3) is 6.08 Å². The third-order valence-corrected chi connectivity index (χ3v) is 6.15. The van der Waals surface area contributed by atoms with Crippen LogP contribution in [0, 0.1) is 6.07 Å². The van der Waals surface area contributed by atoms with Crippen molar-refractivity contribution in [2.24, 2.45) is 4.99 Å². The van der Waals surface area contributed by atoms with Crippen molar-refractivity contribution in [3.63, 3.8) is 0 Å². The number of nitrogens with zero attached hydrogens (tertiary/aromatic N) is 3. The van der Waals surface area contributed by atoms with Crippen molar-refractivity contribution >= 4 is 46.7 Å². The number of amidine groups is 1. The number of esters is 1. The second kappa shape index (κ2) is 12.9. The van der Waals surface area contributed by atoms with Crippen molar-refractivity contribution in [1.82, 2.24) is 4.90 Å². The van der Waals surface area contributed by atoms with E-state index in [1.54, 1.807) is 24.3 Å². The summed E-state index contributed by atoms with van der Waals surface area (Å²) in [6, 6.07) is 35.8. The van der Waals surface area contributed by atoms with Crippen molar-refractivity contribution in [2.75, 3.05) is 18.6 Å². The summed E-state index contributed by atoms with van der Waals surface area (Å²) < 4.78 is 10.7. The van der Waals surface area contributed by atoms with Crippen LogP contribution in [-0.2, 0) is 31.0 Å². The number of anilines is 3. The Hall–Kier alpha value is -4.66. The predicted octanol–water partition coefficient (Wildman–Crippen LogP) is 6.65. The average Bonchev–Trinajstić information content (AvgIpc) is 3.28. The number of ether oxygens (including phenoxy) is 2. The zero-order valence-electron chi connectivity index (χ0n) is 21.9. The predicted molar refractivity (Wildman–Crippen MR) is 151 cm³/mol. The standard InChI is InChI=1S/C32H26N3O4.Co/c1-3-34-30(36)29(39-32(34)33-28-17-11-10-16-27(28)31(37)38-2)22-23-18-20-26(21-19-23)35(24-12-6-4-7-13-24)25-14-8-5-9-15-25;/h4-10,12-22H,3H2,1-2H3;/q-1;+2/b29-22+,33-32?;. The molecule has 1 aliphatic heterocycles. The van der Waals surface area contributed by atoms with Gasteiger partial charge in [-0.05, 0) is 66.2 Å². The summed E-state index contributed by atoms with van der Waals surface area (Å²) in [7, 11) is 1.30.